The van der Waals surface area contributed by atoms with E-state index in [1.807, 2.05) is 25.1 Å². The van der Waals surface area contributed by atoms with Crippen LogP contribution in [0.2, 0.25) is 0 Å². The highest BCUT2D eigenvalue weighted by Crippen LogP contribution is 2.25. The van der Waals surface area contributed by atoms with Crippen molar-refractivity contribution >= 4 is 29.9 Å². The van der Waals surface area contributed by atoms with Crippen molar-refractivity contribution in [1.29, 1.82) is 0 Å². The third kappa shape index (κ3) is 6.66. The Labute approximate surface area is 216 Å². The molecule has 4 rings (SSSR count). The van der Waals surface area contributed by atoms with Gasteiger partial charge in [-0.05, 0) is 41.8 Å². The lowest BCUT2D eigenvalue weighted by molar-refractivity contribution is -0.0605. The molecule has 6 nitrogen and oxygen atoms in total. The van der Waals surface area contributed by atoms with Gasteiger partial charge in [0.1, 0.15) is 11.9 Å². The van der Waals surface area contributed by atoms with Crippen molar-refractivity contribution in [1.82, 2.24) is 14.8 Å². The van der Waals surface area contributed by atoms with Crippen LogP contribution in [0, 0.1) is 5.82 Å². The van der Waals surface area contributed by atoms with Crippen LogP contribution in [-0.4, -0.2) is 41.7 Å². The molecule has 8 heteroatoms. The smallest absolute Gasteiger partial charge is 0.250 e. The van der Waals surface area contributed by atoms with Crippen molar-refractivity contribution in [3.63, 3.8) is 0 Å². The average Bonchev–Trinajstić information content (AvgIpc) is 2.82. The molecule has 0 bridgehead atoms. The van der Waals surface area contributed by atoms with E-state index < -0.39 is 0 Å². The van der Waals surface area contributed by atoms with E-state index in [1.165, 1.54) is 12.1 Å². The summed E-state index contributed by atoms with van der Waals surface area (Å²) in [7, 11) is 1.77. The first kappa shape index (κ1) is 25.9. The molecule has 1 fully saturated rings. The van der Waals surface area contributed by atoms with E-state index in [2.05, 4.69) is 27.3 Å². The van der Waals surface area contributed by atoms with E-state index in [4.69, 9.17) is 4.74 Å². The topological polar surface area (TPSA) is 58.9 Å². The molecule has 1 N–H and O–H groups in total. The maximum atomic E-state index is 13.3. The van der Waals surface area contributed by atoms with Crippen molar-refractivity contribution < 1.29 is 9.13 Å². The Hall–Kier alpha value is -2.72. The molecular weight excluding hydrogens is 546 g/mol. The number of morpholine rings is 1. The minimum absolute atomic E-state index is 0. The maximum Gasteiger partial charge on any atom is 0.250 e. The number of nitrogens with one attached hydrogen (secondary N) is 1. The molecule has 0 spiro atoms. The van der Waals surface area contributed by atoms with Crippen LogP contribution in [0.1, 0.15) is 29.7 Å². The third-order valence-electron chi connectivity index (χ3n) is 5.74. The fourth-order valence-electron chi connectivity index (χ4n) is 4.05. The van der Waals surface area contributed by atoms with Crippen LogP contribution in [0.5, 0.6) is 0 Å². The van der Waals surface area contributed by atoms with E-state index in [-0.39, 0.29) is 47.6 Å². The molecule has 2 aromatic carbocycles. The normalized spacial score (nSPS) is 18.3. The van der Waals surface area contributed by atoms with E-state index >= 15 is 0 Å². The Kier molecular flexibility index (Phi) is 9.23. The lowest BCUT2D eigenvalue weighted by Crippen LogP contribution is -2.50. The number of ether oxygens (including phenoxy) is 1. The van der Waals surface area contributed by atoms with Gasteiger partial charge in [0.05, 0.1) is 19.2 Å². The molecule has 2 heterocycles. The lowest BCUT2D eigenvalue weighted by Gasteiger charge is -2.38. The summed E-state index contributed by atoms with van der Waals surface area (Å²) in [6, 6.07) is 19.9. The van der Waals surface area contributed by atoms with Crippen LogP contribution in [0.15, 0.2) is 82.7 Å². The molecule has 0 radical (unpaired) electrons. The quantitative estimate of drug-likeness (QED) is 0.281. The van der Waals surface area contributed by atoms with Crippen molar-refractivity contribution in [3.8, 4) is 0 Å². The highest BCUT2D eigenvalue weighted by atomic mass is 127. The van der Waals surface area contributed by atoms with Crippen LogP contribution in [0.4, 0.5) is 4.39 Å². The Balaban J connectivity index is 0.00000324. The number of nitrogens with zero attached hydrogens (tertiary/aromatic N) is 3. The number of pyridine rings is 1. The van der Waals surface area contributed by atoms with Gasteiger partial charge in [0.2, 0.25) is 0 Å². The molecule has 2 atom stereocenters. The Morgan fingerprint density at radius 2 is 1.76 bits per heavy atom. The third-order valence-corrected chi connectivity index (χ3v) is 5.74. The number of benzene rings is 2. The van der Waals surface area contributed by atoms with Gasteiger partial charge in [-0.25, -0.2) is 4.39 Å². The predicted octanol–water partition coefficient (Wildman–Crippen LogP) is 4.19. The van der Waals surface area contributed by atoms with E-state index in [1.54, 1.807) is 42.1 Å². The van der Waals surface area contributed by atoms with Gasteiger partial charge in [-0.1, -0.05) is 42.5 Å². The highest BCUT2D eigenvalue weighted by molar-refractivity contribution is 14.0. The fraction of sp³-hybridized carbons (Fsp3) is 0.308. The summed E-state index contributed by atoms with van der Waals surface area (Å²) < 4.78 is 21.1. The van der Waals surface area contributed by atoms with Crippen molar-refractivity contribution in [2.24, 2.45) is 4.99 Å². The SMILES string of the molecule is CN=C(NCc1ccc(Cn2ccccc2=O)cc1)N1CC(C)OC(c2ccc(F)cc2)C1.I. The van der Waals surface area contributed by atoms with Gasteiger partial charge in [0, 0.05) is 32.4 Å². The molecule has 1 saturated heterocycles. The number of hydrogen-bond acceptors (Lipinski definition) is 3. The van der Waals surface area contributed by atoms with Gasteiger partial charge < -0.3 is 19.5 Å². The van der Waals surface area contributed by atoms with Crippen LogP contribution in [0.3, 0.4) is 0 Å². The van der Waals surface area contributed by atoms with Gasteiger partial charge in [0.25, 0.3) is 5.56 Å². The van der Waals surface area contributed by atoms with E-state index in [9.17, 15) is 9.18 Å². The second-order valence-electron chi connectivity index (χ2n) is 8.28. The molecular formula is C26H30FIN4O2. The molecule has 1 aliphatic rings. The molecule has 1 aliphatic heterocycles. The summed E-state index contributed by atoms with van der Waals surface area (Å²) in [6.45, 7) is 4.58. The molecule has 34 heavy (non-hydrogen) atoms. The first-order valence-corrected chi connectivity index (χ1v) is 11.1. The predicted molar refractivity (Wildman–Crippen MR) is 143 cm³/mol. The summed E-state index contributed by atoms with van der Waals surface area (Å²) >= 11 is 0. The van der Waals surface area contributed by atoms with Gasteiger partial charge in [0.15, 0.2) is 5.96 Å². The van der Waals surface area contributed by atoms with Gasteiger partial charge in [-0.3, -0.25) is 9.79 Å². The van der Waals surface area contributed by atoms with Crippen LogP contribution in [-0.2, 0) is 17.8 Å². The molecule has 0 aliphatic carbocycles. The molecule has 2 unspecified atom stereocenters. The number of halogens is 2. The van der Waals surface area contributed by atoms with Crippen molar-refractivity contribution in [2.75, 3.05) is 20.1 Å². The maximum absolute atomic E-state index is 13.3. The zero-order chi connectivity index (χ0) is 23.2. The molecule has 0 saturated carbocycles. The highest BCUT2D eigenvalue weighted by Gasteiger charge is 2.28. The molecule has 3 aromatic rings. The zero-order valence-corrected chi connectivity index (χ0v) is 21.7. The number of aromatic nitrogens is 1. The molecule has 180 valence electrons. The summed E-state index contributed by atoms with van der Waals surface area (Å²) in [4.78, 5) is 18.6. The van der Waals surface area contributed by atoms with E-state index in [0.717, 1.165) is 29.2 Å². The average molecular weight is 576 g/mol. The monoisotopic (exact) mass is 576 g/mol. The first-order chi connectivity index (χ1) is 16.0. The van der Waals surface area contributed by atoms with Crippen molar-refractivity contribution in [3.05, 3.63) is 106 Å². The standard InChI is InChI=1S/C26H29FN4O2.HI/c1-19-16-31(18-24(33-19)22-10-12-23(27)13-11-22)26(28-2)29-15-20-6-8-21(9-7-20)17-30-14-4-3-5-25(30)32;/h3-14,19,24H,15-18H2,1-2H3,(H,28,29);1H. The second-order valence-corrected chi connectivity index (χ2v) is 8.28. The number of aliphatic imine (C=N–C) groups is 1. The summed E-state index contributed by atoms with van der Waals surface area (Å²) in [5, 5.41) is 3.44. The largest absolute Gasteiger partial charge is 0.367 e. The number of rotatable bonds is 5. The fourth-order valence-corrected chi connectivity index (χ4v) is 4.05. The first-order valence-electron chi connectivity index (χ1n) is 11.1. The molecule has 0 amide bonds. The Bertz CT molecular complexity index is 1150. The number of hydrogen-bond donors (Lipinski definition) is 1. The van der Waals surface area contributed by atoms with Gasteiger partial charge >= 0.3 is 0 Å². The minimum atomic E-state index is -0.251. The van der Waals surface area contributed by atoms with Crippen LogP contribution >= 0.6 is 24.0 Å². The van der Waals surface area contributed by atoms with Crippen molar-refractivity contribution in [2.45, 2.75) is 32.2 Å². The summed E-state index contributed by atoms with van der Waals surface area (Å²) in [5.74, 6) is 0.552. The van der Waals surface area contributed by atoms with E-state index in [0.29, 0.717) is 19.6 Å². The second kappa shape index (κ2) is 12.1. The van der Waals surface area contributed by atoms with Crippen LogP contribution < -0.4 is 10.9 Å². The zero-order valence-electron chi connectivity index (χ0n) is 19.4. The Morgan fingerprint density at radius 3 is 2.44 bits per heavy atom. The summed E-state index contributed by atoms with van der Waals surface area (Å²) in [5.41, 5.74) is 3.14. The van der Waals surface area contributed by atoms with Gasteiger partial charge in [-0.2, -0.15) is 0 Å². The summed E-state index contributed by atoms with van der Waals surface area (Å²) in [6.07, 6.45) is 1.67. The Morgan fingerprint density at radius 1 is 1.06 bits per heavy atom. The number of guanidine groups is 1. The van der Waals surface area contributed by atoms with Gasteiger partial charge in [-0.15, -0.1) is 24.0 Å². The minimum Gasteiger partial charge on any atom is -0.367 e. The lowest BCUT2D eigenvalue weighted by atomic mass is 10.1. The van der Waals surface area contributed by atoms with Crippen LogP contribution in [0.25, 0.3) is 0 Å². The molecule has 1 aromatic heterocycles.